The molecule has 0 aromatic carbocycles. The highest BCUT2D eigenvalue weighted by atomic mass is 16.6. The van der Waals surface area contributed by atoms with Gasteiger partial charge in [-0.15, -0.1) is 0 Å². The molecule has 1 amide bonds. The number of rotatable bonds is 51. The predicted octanol–water partition coefficient (Wildman–Crippen LogP) is -7.30. The fraction of sp³-hybridized carbons (Fsp3) is 0.895. The number of ether oxygens (including phenoxy) is 8. The van der Waals surface area contributed by atoms with Crippen LogP contribution in [0.1, 0.15) is 0 Å². The van der Waals surface area contributed by atoms with Crippen LogP contribution in [0.25, 0.3) is 0 Å². The number of amides is 1. The topological polar surface area (TPSA) is 451 Å². The fourth-order valence-corrected chi connectivity index (χ4v) is 10.3. The minimum absolute atomic E-state index is 0.00672. The summed E-state index contributed by atoms with van der Waals surface area (Å²) in [6, 6.07) is -1.24. The van der Waals surface area contributed by atoms with Crippen LogP contribution in [0, 0.1) is 0 Å². The zero-order valence-electron chi connectivity index (χ0n) is 54.1. The molecule has 2 aliphatic rings. The molecule has 2 atom stereocenters. The van der Waals surface area contributed by atoms with Crippen molar-refractivity contribution in [3.8, 4) is 0 Å². The molecule has 544 valence electrons. The van der Waals surface area contributed by atoms with E-state index < -0.39 is 73.3 Å². The smallest absolute Gasteiger partial charge is 0.407 e. The summed E-state index contributed by atoms with van der Waals surface area (Å²) in [6.45, 7) is 1.05. The number of hydrogen-bond acceptors (Lipinski definition) is 29. The van der Waals surface area contributed by atoms with Gasteiger partial charge in [0.1, 0.15) is 0 Å². The third kappa shape index (κ3) is 44.2. The minimum atomic E-state index is -1.24. The van der Waals surface area contributed by atoms with Crippen molar-refractivity contribution in [3.63, 3.8) is 0 Å². The molecule has 2 saturated heterocycles. The van der Waals surface area contributed by atoms with E-state index in [-0.39, 0.29) is 296 Å². The summed E-state index contributed by atoms with van der Waals surface area (Å²) >= 11 is 0. The van der Waals surface area contributed by atoms with Gasteiger partial charge in [0.25, 0.3) is 0 Å². The van der Waals surface area contributed by atoms with Gasteiger partial charge in [0.05, 0.1) is 189 Å². The molecule has 2 heterocycles. The number of aliphatic hydroxyl groups is 6. The van der Waals surface area contributed by atoms with E-state index in [9.17, 15) is 90.0 Å². The van der Waals surface area contributed by atoms with Gasteiger partial charge in [0.2, 0.25) is 0 Å². The number of carboxylic acid groups (broad SMARTS) is 6. The summed E-state index contributed by atoms with van der Waals surface area (Å²) < 4.78 is 46.6. The van der Waals surface area contributed by atoms with Crippen LogP contribution in [0.2, 0.25) is 0 Å². The quantitative estimate of drug-likeness (QED) is 0.0252. The Hall–Kier alpha value is -4.30. The Balaban J connectivity index is 2.77. The highest BCUT2D eigenvalue weighted by Gasteiger charge is 2.30. The fourth-order valence-electron chi connectivity index (χ4n) is 10.3. The molecule has 12 N–H and O–H groups in total. The average Bonchev–Trinajstić information content (AvgIpc) is 2.42. The van der Waals surface area contributed by atoms with Crippen LogP contribution in [0.3, 0.4) is 0 Å². The van der Waals surface area contributed by atoms with Gasteiger partial charge in [-0.05, 0) is 0 Å². The van der Waals surface area contributed by atoms with Crippen molar-refractivity contribution in [2.75, 3.05) is 309 Å². The SMILES string of the molecule is O=C(O)CN1CCN(CC(=O)O)CCN(CC(O)CN(CCN(CC(O)CN2CCN(CC(=O)O)CCN(C(=O)O)CCN(CC(=O)O)CC2)C(COCCOCCO)COCCOCCO)C(COCCOCCO)COCCOCCO)CCN(CC(=O)O)CC1. The summed E-state index contributed by atoms with van der Waals surface area (Å²) in [6.07, 6.45) is -3.56. The predicted molar refractivity (Wildman–Crippen MR) is 330 cm³/mol. The maximum Gasteiger partial charge on any atom is 0.407 e. The average molecular weight is 1350 g/mol. The largest absolute Gasteiger partial charge is 0.480 e. The van der Waals surface area contributed by atoms with Crippen LogP contribution in [0.5, 0.6) is 0 Å². The van der Waals surface area contributed by atoms with E-state index in [1.807, 2.05) is 19.6 Å². The molecular formula is C57H110N10O26. The van der Waals surface area contributed by atoms with Crippen molar-refractivity contribution in [2.24, 2.45) is 0 Å². The van der Waals surface area contributed by atoms with Crippen LogP contribution >= 0.6 is 0 Å². The first kappa shape index (κ1) is 84.8. The maximum absolute atomic E-state index is 12.4. The van der Waals surface area contributed by atoms with E-state index in [4.69, 9.17) is 37.9 Å². The first-order chi connectivity index (χ1) is 44.7. The Labute approximate surface area is 544 Å². The van der Waals surface area contributed by atoms with Crippen LogP contribution in [-0.4, -0.2) is 479 Å². The third-order valence-electron chi connectivity index (χ3n) is 15.0. The van der Waals surface area contributed by atoms with Crippen LogP contribution in [0.15, 0.2) is 0 Å². The molecule has 0 aromatic heterocycles. The number of aliphatic hydroxyl groups excluding tert-OH is 6. The molecule has 0 saturated carbocycles. The lowest BCUT2D eigenvalue weighted by atomic mass is 10.1. The first-order valence-electron chi connectivity index (χ1n) is 31.8. The van der Waals surface area contributed by atoms with Crippen molar-refractivity contribution in [1.29, 1.82) is 0 Å². The lowest BCUT2D eigenvalue weighted by Gasteiger charge is -2.39. The van der Waals surface area contributed by atoms with Gasteiger partial charge < -0.3 is 104 Å². The summed E-state index contributed by atoms with van der Waals surface area (Å²) in [7, 11) is 0. The number of hydrogen-bond donors (Lipinski definition) is 12. The van der Waals surface area contributed by atoms with E-state index >= 15 is 0 Å². The zero-order chi connectivity index (χ0) is 68.4. The van der Waals surface area contributed by atoms with Crippen LogP contribution in [-0.2, 0) is 61.9 Å². The van der Waals surface area contributed by atoms with Crippen molar-refractivity contribution >= 4 is 35.9 Å². The number of carboxylic acids is 5. The van der Waals surface area contributed by atoms with Crippen LogP contribution in [0.4, 0.5) is 4.79 Å². The summed E-state index contributed by atoms with van der Waals surface area (Å²) in [4.78, 5) is 89.3. The monoisotopic (exact) mass is 1350 g/mol. The molecule has 0 aromatic rings. The third-order valence-corrected chi connectivity index (χ3v) is 15.0. The second-order valence-electron chi connectivity index (χ2n) is 22.5. The van der Waals surface area contributed by atoms with Gasteiger partial charge in [-0.25, -0.2) is 4.79 Å². The maximum atomic E-state index is 12.4. The van der Waals surface area contributed by atoms with Gasteiger partial charge >= 0.3 is 35.9 Å². The Morgan fingerprint density at radius 3 is 0.742 bits per heavy atom. The number of carbonyl (C=O) groups is 6. The molecule has 36 nitrogen and oxygen atoms in total. The molecular weight excluding hydrogens is 1240 g/mol. The van der Waals surface area contributed by atoms with Crippen molar-refractivity contribution in [3.05, 3.63) is 0 Å². The molecule has 0 radical (unpaired) electrons. The molecule has 0 spiro atoms. The molecule has 0 aliphatic carbocycles. The minimum Gasteiger partial charge on any atom is -0.480 e. The van der Waals surface area contributed by atoms with E-state index in [2.05, 4.69) is 0 Å². The number of aliphatic carboxylic acids is 5. The lowest BCUT2D eigenvalue weighted by Crippen LogP contribution is -2.55. The summed E-state index contributed by atoms with van der Waals surface area (Å²) in [5, 5.41) is 121. The van der Waals surface area contributed by atoms with E-state index in [1.165, 1.54) is 0 Å². The van der Waals surface area contributed by atoms with Crippen molar-refractivity contribution in [1.82, 2.24) is 49.0 Å². The van der Waals surface area contributed by atoms with Gasteiger partial charge in [0.15, 0.2) is 0 Å². The Morgan fingerprint density at radius 2 is 0.527 bits per heavy atom. The molecule has 2 aliphatic heterocycles. The van der Waals surface area contributed by atoms with E-state index in [1.54, 1.807) is 24.5 Å². The molecule has 93 heavy (non-hydrogen) atoms. The molecule has 2 rings (SSSR count). The molecule has 2 unspecified atom stereocenters. The van der Waals surface area contributed by atoms with E-state index in [0.717, 1.165) is 4.90 Å². The van der Waals surface area contributed by atoms with Crippen molar-refractivity contribution < 1.29 is 128 Å². The van der Waals surface area contributed by atoms with Gasteiger partial charge in [-0.1, -0.05) is 0 Å². The second-order valence-corrected chi connectivity index (χ2v) is 22.5. The first-order valence-corrected chi connectivity index (χ1v) is 31.8. The summed E-state index contributed by atoms with van der Waals surface area (Å²) in [5.41, 5.74) is 0. The summed E-state index contributed by atoms with van der Waals surface area (Å²) in [5.74, 6) is -5.56. The normalized spacial score (nSPS) is 17.5. The Kier molecular flexibility index (Phi) is 49.0. The highest BCUT2D eigenvalue weighted by molar-refractivity contribution is 5.70. The zero-order valence-corrected chi connectivity index (χ0v) is 54.1. The van der Waals surface area contributed by atoms with Gasteiger partial charge in [-0.2, -0.15) is 0 Å². The molecule has 2 fully saturated rings. The van der Waals surface area contributed by atoms with E-state index in [0.29, 0.717) is 0 Å². The number of β-amino-alcohol motifs (C(OH)–C–C–N with tert-alkyl or cyclic N) is 2. The van der Waals surface area contributed by atoms with Crippen molar-refractivity contribution in [2.45, 2.75) is 24.3 Å². The molecule has 36 heteroatoms. The molecule has 0 bridgehead atoms. The highest BCUT2D eigenvalue weighted by Crippen LogP contribution is 2.13. The second kappa shape index (κ2) is 53.8. The lowest BCUT2D eigenvalue weighted by molar-refractivity contribution is -0.140. The van der Waals surface area contributed by atoms with Gasteiger partial charge in [-0.3, -0.25) is 68.1 Å². The number of nitrogens with zero attached hydrogens (tertiary/aromatic N) is 10. The Morgan fingerprint density at radius 1 is 0.312 bits per heavy atom. The van der Waals surface area contributed by atoms with Gasteiger partial charge in [0, 0.05) is 144 Å². The standard InChI is InChI=1S/C57H110N10O26/c68-19-23-86-27-31-90-44-48(45-91-32-28-87-24-20-69)66(37-50(72)35-58-1-5-60(39-52(74)75)9-11-62(41-54(78)79)12-10-61(6-2-58)40-53(76)77)17-18-67(49(46-92-33-29-88-25-21-70)47-93-34-30-89-26-22-71)38-51(73)36-59-3-7-63(42-55(80)81)13-15-65(57(84)85)16-14-64(8-4-59)43-56(82)83/h48-51,68-73H,1-47H2,(H,74,75)(H,76,77)(H,78,79)(H,80,81)(H,82,83)(H,84,85). The van der Waals surface area contributed by atoms with Crippen LogP contribution < -0.4 is 0 Å². The Bertz CT molecular complexity index is 1880.